The van der Waals surface area contributed by atoms with Gasteiger partial charge in [-0.15, -0.1) is 0 Å². The van der Waals surface area contributed by atoms with Gasteiger partial charge in [-0.05, 0) is 30.0 Å². The molecule has 0 radical (unpaired) electrons. The molecule has 3 nitrogen and oxygen atoms in total. The van der Waals surface area contributed by atoms with E-state index < -0.39 is 0 Å². The number of nitrogens with one attached hydrogen (secondary N) is 1. The summed E-state index contributed by atoms with van der Waals surface area (Å²) >= 11 is 0. The first-order valence-electron chi connectivity index (χ1n) is 4.91. The van der Waals surface area contributed by atoms with Crippen molar-refractivity contribution in [3.05, 3.63) is 29.3 Å². The summed E-state index contributed by atoms with van der Waals surface area (Å²) in [5.41, 5.74) is 8.84. The van der Waals surface area contributed by atoms with Crippen molar-refractivity contribution in [2.45, 2.75) is 25.8 Å². The molecular formula is C11H14N2O. The molecular weight excluding hydrogens is 176 g/mol. The Balaban J connectivity index is 2.35. The lowest BCUT2D eigenvalue weighted by Crippen LogP contribution is -2.09. The van der Waals surface area contributed by atoms with Crippen LogP contribution in [0.1, 0.15) is 24.0 Å². The van der Waals surface area contributed by atoms with Crippen LogP contribution in [0.2, 0.25) is 0 Å². The second kappa shape index (κ2) is 3.80. The largest absolute Gasteiger partial charge is 0.326 e. The maximum atomic E-state index is 11.3. The number of aryl methyl sites for hydroxylation is 1. The van der Waals surface area contributed by atoms with Crippen LogP contribution in [-0.4, -0.2) is 5.91 Å². The summed E-state index contributed by atoms with van der Waals surface area (Å²) in [4.78, 5) is 11.3. The minimum absolute atomic E-state index is 0.115. The van der Waals surface area contributed by atoms with Crippen LogP contribution in [0.25, 0.3) is 0 Å². The molecule has 1 heterocycles. The lowest BCUT2D eigenvalue weighted by molar-refractivity contribution is -0.116. The predicted molar refractivity (Wildman–Crippen MR) is 55.9 cm³/mol. The molecule has 14 heavy (non-hydrogen) atoms. The minimum Gasteiger partial charge on any atom is -0.326 e. The molecule has 1 aliphatic rings. The number of anilines is 1. The molecule has 0 unspecified atom stereocenters. The van der Waals surface area contributed by atoms with Crippen molar-refractivity contribution in [1.29, 1.82) is 0 Å². The van der Waals surface area contributed by atoms with Gasteiger partial charge in [-0.3, -0.25) is 4.79 Å². The maximum absolute atomic E-state index is 11.3. The summed E-state index contributed by atoms with van der Waals surface area (Å²) in [7, 11) is 0. The van der Waals surface area contributed by atoms with Gasteiger partial charge in [-0.25, -0.2) is 0 Å². The lowest BCUT2D eigenvalue weighted by Gasteiger charge is -2.07. The zero-order valence-corrected chi connectivity index (χ0v) is 8.05. The van der Waals surface area contributed by atoms with Crippen LogP contribution in [0.5, 0.6) is 0 Å². The standard InChI is InChI=1S/C11H14N2O/c12-7-8-4-5-10-9(6-8)2-1-3-11(14)13-10/h4-6H,1-3,7,12H2,(H,13,14). The van der Waals surface area contributed by atoms with Crippen LogP contribution in [0.15, 0.2) is 18.2 Å². The average Bonchev–Trinajstić information content (AvgIpc) is 2.37. The van der Waals surface area contributed by atoms with E-state index in [2.05, 4.69) is 11.4 Å². The van der Waals surface area contributed by atoms with Crippen LogP contribution in [0.3, 0.4) is 0 Å². The molecule has 0 bridgehead atoms. The van der Waals surface area contributed by atoms with Crippen LogP contribution < -0.4 is 11.1 Å². The van der Waals surface area contributed by atoms with Gasteiger partial charge in [0.15, 0.2) is 0 Å². The van der Waals surface area contributed by atoms with Crippen LogP contribution in [0, 0.1) is 0 Å². The van der Waals surface area contributed by atoms with Gasteiger partial charge < -0.3 is 11.1 Å². The average molecular weight is 190 g/mol. The molecule has 0 fully saturated rings. The fraction of sp³-hybridized carbons (Fsp3) is 0.364. The Morgan fingerprint density at radius 1 is 1.36 bits per heavy atom. The van der Waals surface area contributed by atoms with Crippen molar-refractivity contribution in [2.24, 2.45) is 5.73 Å². The molecule has 74 valence electrons. The lowest BCUT2D eigenvalue weighted by atomic mass is 10.0. The first-order valence-corrected chi connectivity index (χ1v) is 4.91. The number of rotatable bonds is 1. The van der Waals surface area contributed by atoms with E-state index in [4.69, 9.17) is 5.73 Å². The highest BCUT2D eigenvalue weighted by Crippen LogP contribution is 2.22. The van der Waals surface area contributed by atoms with E-state index in [0.29, 0.717) is 13.0 Å². The summed E-state index contributed by atoms with van der Waals surface area (Å²) in [6.07, 6.45) is 2.50. The molecule has 0 aromatic heterocycles. The highest BCUT2D eigenvalue weighted by Gasteiger charge is 2.12. The SMILES string of the molecule is NCc1ccc2c(c1)CCCC(=O)N2. The molecule has 0 saturated heterocycles. The molecule has 0 aliphatic carbocycles. The normalized spacial score (nSPS) is 15.6. The fourth-order valence-corrected chi connectivity index (χ4v) is 1.75. The number of carbonyl (C=O) groups is 1. The third-order valence-electron chi connectivity index (χ3n) is 2.53. The highest BCUT2D eigenvalue weighted by molar-refractivity contribution is 5.92. The van der Waals surface area contributed by atoms with E-state index in [-0.39, 0.29) is 5.91 Å². The Bertz CT molecular complexity index is 360. The van der Waals surface area contributed by atoms with E-state index >= 15 is 0 Å². The summed E-state index contributed by atoms with van der Waals surface area (Å²) in [5.74, 6) is 0.115. The Hall–Kier alpha value is -1.35. The number of amides is 1. The Morgan fingerprint density at radius 2 is 2.21 bits per heavy atom. The van der Waals surface area contributed by atoms with E-state index in [1.807, 2.05) is 12.1 Å². The van der Waals surface area contributed by atoms with E-state index in [0.717, 1.165) is 24.1 Å². The van der Waals surface area contributed by atoms with Crippen LogP contribution in [0.4, 0.5) is 5.69 Å². The first-order chi connectivity index (χ1) is 6.79. The molecule has 3 heteroatoms. The number of carbonyl (C=O) groups excluding carboxylic acids is 1. The highest BCUT2D eigenvalue weighted by atomic mass is 16.1. The van der Waals surface area contributed by atoms with Crippen molar-refractivity contribution in [2.75, 3.05) is 5.32 Å². The Kier molecular flexibility index (Phi) is 2.50. The minimum atomic E-state index is 0.115. The smallest absolute Gasteiger partial charge is 0.224 e. The molecule has 1 aromatic carbocycles. The number of hydrogen-bond acceptors (Lipinski definition) is 2. The van der Waals surface area contributed by atoms with Crippen molar-refractivity contribution in [3.8, 4) is 0 Å². The third-order valence-corrected chi connectivity index (χ3v) is 2.53. The van der Waals surface area contributed by atoms with Gasteiger partial charge in [0.2, 0.25) is 5.91 Å². The Labute approximate surface area is 83.3 Å². The summed E-state index contributed by atoms with van der Waals surface area (Å²) in [6.45, 7) is 0.557. The fourth-order valence-electron chi connectivity index (χ4n) is 1.75. The quantitative estimate of drug-likeness (QED) is 0.703. The van der Waals surface area contributed by atoms with Gasteiger partial charge >= 0.3 is 0 Å². The van der Waals surface area contributed by atoms with E-state index in [9.17, 15) is 4.79 Å². The molecule has 1 aromatic rings. The molecule has 0 saturated carbocycles. The van der Waals surface area contributed by atoms with Gasteiger partial charge in [-0.2, -0.15) is 0 Å². The molecule has 0 atom stereocenters. The summed E-state index contributed by atoms with van der Waals surface area (Å²) in [6, 6.07) is 5.99. The van der Waals surface area contributed by atoms with Crippen molar-refractivity contribution in [1.82, 2.24) is 0 Å². The van der Waals surface area contributed by atoms with E-state index in [1.54, 1.807) is 0 Å². The summed E-state index contributed by atoms with van der Waals surface area (Å²) in [5, 5.41) is 2.89. The molecule has 2 rings (SSSR count). The second-order valence-electron chi connectivity index (χ2n) is 3.60. The van der Waals surface area contributed by atoms with Crippen molar-refractivity contribution >= 4 is 11.6 Å². The number of fused-ring (bicyclic) bond motifs is 1. The maximum Gasteiger partial charge on any atom is 0.224 e. The molecule has 1 amide bonds. The van der Waals surface area contributed by atoms with Gasteiger partial charge in [-0.1, -0.05) is 12.1 Å². The Morgan fingerprint density at radius 3 is 3.00 bits per heavy atom. The predicted octanol–water partition coefficient (Wildman–Crippen LogP) is 1.42. The number of hydrogen-bond donors (Lipinski definition) is 2. The van der Waals surface area contributed by atoms with Gasteiger partial charge in [0.05, 0.1) is 0 Å². The second-order valence-corrected chi connectivity index (χ2v) is 3.60. The third kappa shape index (κ3) is 1.77. The summed E-state index contributed by atoms with van der Waals surface area (Å²) < 4.78 is 0. The topological polar surface area (TPSA) is 55.1 Å². The molecule has 0 spiro atoms. The van der Waals surface area contributed by atoms with Crippen molar-refractivity contribution < 1.29 is 4.79 Å². The zero-order valence-electron chi connectivity index (χ0n) is 8.05. The van der Waals surface area contributed by atoms with Gasteiger partial charge in [0.1, 0.15) is 0 Å². The molecule has 3 N–H and O–H groups in total. The van der Waals surface area contributed by atoms with Crippen molar-refractivity contribution in [3.63, 3.8) is 0 Å². The van der Waals surface area contributed by atoms with Gasteiger partial charge in [0, 0.05) is 18.7 Å². The van der Waals surface area contributed by atoms with E-state index in [1.165, 1.54) is 5.56 Å². The first kappa shape index (κ1) is 9.21. The van der Waals surface area contributed by atoms with Gasteiger partial charge in [0.25, 0.3) is 0 Å². The number of benzene rings is 1. The van der Waals surface area contributed by atoms with Crippen LogP contribution >= 0.6 is 0 Å². The monoisotopic (exact) mass is 190 g/mol. The number of nitrogens with two attached hydrogens (primary N) is 1. The molecule has 1 aliphatic heterocycles. The zero-order chi connectivity index (χ0) is 9.97. The van der Waals surface area contributed by atoms with Crippen LogP contribution in [-0.2, 0) is 17.8 Å².